The van der Waals surface area contributed by atoms with Crippen LogP contribution in [-0.4, -0.2) is 48.7 Å². The molecule has 6 N–H and O–H groups in total. The Morgan fingerprint density at radius 1 is 1.32 bits per heavy atom. The first kappa shape index (κ1) is 16.2. The number of nitrogens with one attached hydrogen (secondary N) is 1. The van der Waals surface area contributed by atoms with Crippen LogP contribution in [0.25, 0.3) is 0 Å². The second kappa shape index (κ2) is 7.63. The topological polar surface area (TPSA) is 144 Å². The van der Waals surface area contributed by atoms with Gasteiger partial charge in [0.15, 0.2) is 5.96 Å². The van der Waals surface area contributed by atoms with E-state index < -0.39 is 10.4 Å². The Bertz CT molecular complexity index is 380. The Kier molecular flexibility index (Phi) is 6.49. The van der Waals surface area contributed by atoms with Crippen molar-refractivity contribution in [3.8, 4) is 0 Å². The molecule has 1 saturated carbocycles. The highest BCUT2D eigenvalue weighted by Gasteiger charge is 2.22. The summed E-state index contributed by atoms with van der Waals surface area (Å²) in [4.78, 5) is 4.53. The molecule has 1 heterocycles. The molecular formula is C10H22N4O4S. The molecule has 1 aliphatic carbocycles. The van der Waals surface area contributed by atoms with E-state index in [1.165, 1.54) is 32.1 Å². The van der Waals surface area contributed by atoms with Crippen LogP contribution in [0.3, 0.4) is 0 Å². The van der Waals surface area contributed by atoms with Gasteiger partial charge in [-0.3, -0.25) is 9.55 Å². The lowest BCUT2D eigenvalue weighted by Crippen LogP contribution is -3.00. The van der Waals surface area contributed by atoms with Gasteiger partial charge in [0.2, 0.25) is 10.4 Å². The summed E-state index contributed by atoms with van der Waals surface area (Å²) in [5.74, 6) is 0.662. The van der Waals surface area contributed by atoms with Gasteiger partial charge in [-0.1, -0.05) is 19.3 Å². The van der Waals surface area contributed by atoms with Crippen molar-refractivity contribution >= 4 is 16.4 Å². The largest absolute Gasteiger partial charge is 0.726 e. The molecule has 8 nitrogen and oxygen atoms in total. The van der Waals surface area contributed by atoms with Gasteiger partial charge in [0.05, 0.1) is 6.04 Å². The second-order valence-corrected chi connectivity index (χ2v) is 5.69. The van der Waals surface area contributed by atoms with Gasteiger partial charge in [-0.25, -0.2) is 8.42 Å². The van der Waals surface area contributed by atoms with Crippen molar-refractivity contribution in [2.75, 3.05) is 13.1 Å². The third-order valence-corrected chi connectivity index (χ3v) is 3.15. The Morgan fingerprint density at radius 3 is 2.26 bits per heavy atom. The van der Waals surface area contributed by atoms with Crippen LogP contribution in [0.15, 0.2) is 4.99 Å². The molecule has 0 atom stereocenters. The average molecular weight is 294 g/mol. The highest BCUT2D eigenvalue weighted by Crippen LogP contribution is 2.19. The van der Waals surface area contributed by atoms with Crippen LogP contribution in [0.5, 0.6) is 0 Å². The lowest BCUT2D eigenvalue weighted by molar-refractivity contribution is -0.711. The van der Waals surface area contributed by atoms with Crippen LogP contribution in [0, 0.1) is 0 Å². The van der Waals surface area contributed by atoms with Gasteiger partial charge >= 0.3 is 0 Å². The van der Waals surface area contributed by atoms with Gasteiger partial charge in [-0.15, -0.1) is 0 Å². The third-order valence-electron chi connectivity index (χ3n) is 3.15. The van der Waals surface area contributed by atoms with Gasteiger partial charge in [0.25, 0.3) is 0 Å². The molecule has 0 unspecified atom stereocenters. The van der Waals surface area contributed by atoms with E-state index >= 15 is 0 Å². The standard InChI is InChI=1S/C10H20N4.H2O4S/c11-10(14-9-6-12-7-9)13-8-4-2-1-3-5-8;1-5(2,3)4/h8-9,12H,1-7H2,(H3,11,13,14);(H2,1,2,3,4). The van der Waals surface area contributed by atoms with E-state index in [0.29, 0.717) is 18.0 Å². The fourth-order valence-electron chi connectivity index (χ4n) is 2.10. The second-order valence-electron chi connectivity index (χ2n) is 4.84. The monoisotopic (exact) mass is 294 g/mol. The van der Waals surface area contributed by atoms with Crippen molar-refractivity contribution in [2.45, 2.75) is 44.2 Å². The van der Waals surface area contributed by atoms with Crippen LogP contribution in [-0.2, 0) is 10.4 Å². The Morgan fingerprint density at radius 2 is 1.84 bits per heavy atom. The van der Waals surface area contributed by atoms with E-state index in [9.17, 15) is 0 Å². The molecule has 1 saturated heterocycles. The quantitative estimate of drug-likeness (QED) is 0.204. The maximum Gasteiger partial charge on any atom is 0.215 e. The van der Waals surface area contributed by atoms with Crippen LogP contribution in [0.4, 0.5) is 0 Å². The Labute approximate surface area is 113 Å². The molecular weight excluding hydrogens is 272 g/mol. The van der Waals surface area contributed by atoms with Crippen molar-refractivity contribution < 1.29 is 22.8 Å². The zero-order chi connectivity index (χ0) is 14.3. The normalized spacial score (nSPS) is 22.1. The molecule has 0 aromatic rings. The van der Waals surface area contributed by atoms with E-state index in [1.54, 1.807) is 0 Å². The van der Waals surface area contributed by atoms with E-state index in [2.05, 4.69) is 15.6 Å². The molecule has 19 heavy (non-hydrogen) atoms. The molecule has 112 valence electrons. The van der Waals surface area contributed by atoms with Crippen molar-refractivity contribution in [1.29, 1.82) is 0 Å². The minimum Gasteiger partial charge on any atom is -0.726 e. The number of hydrogen-bond donors (Lipinski definition) is 4. The summed E-state index contributed by atoms with van der Waals surface area (Å²) in [6, 6.07) is 1.04. The van der Waals surface area contributed by atoms with Crippen molar-refractivity contribution in [2.24, 2.45) is 10.7 Å². The highest BCUT2D eigenvalue weighted by atomic mass is 32.3. The molecule has 0 bridgehead atoms. The van der Waals surface area contributed by atoms with E-state index in [4.69, 9.17) is 23.3 Å². The average Bonchev–Trinajstić information content (AvgIpc) is 2.23. The van der Waals surface area contributed by atoms with Crippen LogP contribution in [0.1, 0.15) is 32.1 Å². The summed E-state index contributed by atoms with van der Waals surface area (Å²) in [6.07, 6.45) is 6.45. The third kappa shape index (κ3) is 8.76. The summed E-state index contributed by atoms with van der Waals surface area (Å²) < 4.78 is 32.8. The number of aliphatic imine (C=N–C) groups is 1. The van der Waals surface area contributed by atoms with Crippen LogP contribution < -0.4 is 16.4 Å². The summed E-state index contributed by atoms with van der Waals surface area (Å²) in [5, 5.41) is 5.53. The molecule has 2 rings (SSSR count). The highest BCUT2D eigenvalue weighted by molar-refractivity contribution is 7.79. The molecule has 0 amide bonds. The fourth-order valence-corrected chi connectivity index (χ4v) is 2.10. The van der Waals surface area contributed by atoms with Gasteiger partial charge in [-0.2, -0.15) is 0 Å². The smallest absolute Gasteiger partial charge is 0.215 e. The summed E-state index contributed by atoms with van der Waals surface area (Å²) >= 11 is 0. The number of guanidine groups is 1. The summed E-state index contributed by atoms with van der Waals surface area (Å²) in [7, 11) is -4.92. The van der Waals surface area contributed by atoms with E-state index in [0.717, 1.165) is 13.1 Å². The first-order valence-electron chi connectivity index (χ1n) is 6.44. The van der Waals surface area contributed by atoms with Gasteiger partial charge in [-0.05, 0) is 12.8 Å². The predicted octanol–water partition coefficient (Wildman–Crippen LogP) is -1.83. The summed E-state index contributed by atoms with van der Waals surface area (Å²) in [6.45, 7) is 2.28. The van der Waals surface area contributed by atoms with E-state index in [1.807, 2.05) is 0 Å². The minimum absolute atomic E-state index is 0.486. The fraction of sp³-hybridized carbons (Fsp3) is 0.900. The van der Waals surface area contributed by atoms with Gasteiger partial charge in [0.1, 0.15) is 19.1 Å². The Balaban J connectivity index is 0.000000312. The summed E-state index contributed by atoms with van der Waals surface area (Å²) in [5.41, 5.74) is 5.84. The van der Waals surface area contributed by atoms with Crippen LogP contribution in [0.2, 0.25) is 0 Å². The van der Waals surface area contributed by atoms with Crippen molar-refractivity contribution in [3.63, 3.8) is 0 Å². The molecule has 9 heteroatoms. The molecule has 1 aliphatic heterocycles. The maximum atomic E-state index is 8.63. The molecule has 0 aromatic heterocycles. The Hall–Kier alpha value is -0.900. The van der Waals surface area contributed by atoms with Gasteiger partial charge in [0, 0.05) is 0 Å². The number of nitrogens with two attached hydrogens (primary N) is 2. The van der Waals surface area contributed by atoms with Crippen LogP contribution >= 0.6 is 0 Å². The number of rotatable bonds is 2. The lowest BCUT2D eigenvalue weighted by atomic mass is 9.96. The zero-order valence-electron chi connectivity index (χ0n) is 10.8. The minimum atomic E-state index is -4.92. The predicted molar refractivity (Wildman–Crippen MR) is 69.4 cm³/mol. The lowest BCUT2D eigenvalue weighted by Gasteiger charge is -2.25. The molecule has 0 spiro atoms. The number of nitrogens with zero attached hydrogens (tertiary/aromatic N) is 1. The van der Waals surface area contributed by atoms with E-state index in [-0.39, 0.29) is 0 Å². The molecule has 2 fully saturated rings. The van der Waals surface area contributed by atoms with Gasteiger partial charge < -0.3 is 20.9 Å². The molecule has 0 radical (unpaired) electrons. The zero-order valence-corrected chi connectivity index (χ0v) is 11.6. The number of quaternary nitrogens is 1. The number of hydrogen-bond acceptors (Lipinski definition) is 4. The van der Waals surface area contributed by atoms with Crippen molar-refractivity contribution in [3.05, 3.63) is 0 Å². The SMILES string of the molecule is NC(=NC1CCCCC1)NC1C[NH2+]C1.O=S(=O)([O-])O. The van der Waals surface area contributed by atoms with Crippen molar-refractivity contribution in [1.82, 2.24) is 5.32 Å². The first-order chi connectivity index (χ1) is 8.84. The maximum absolute atomic E-state index is 8.63. The first-order valence-corrected chi connectivity index (χ1v) is 7.81. The molecule has 0 aromatic carbocycles. The molecule has 2 aliphatic rings.